The van der Waals surface area contributed by atoms with Gasteiger partial charge in [0.1, 0.15) is 17.1 Å². The number of rotatable bonds is 5. The summed E-state index contributed by atoms with van der Waals surface area (Å²) in [4.78, 5) is 22.8. The molecule has 0 heterocycles. The summed E-state index contributed by atoms with van der Waals surface area (Å²) in [5.41, 5.74) is 0.772. The molecule has 0 atom stereocenters. The van der Waals surface area contributed by atoms with Crippen LogP contribution in [0.1, 0.15) is 35.2 Å². The molecule has 0 aromatic heterocycles. The fraction of sp³-hybridized carbons (Fsp3) is 0.278. The highest BCUT2D eigenvalue weighted by molar-refractivity contribution is 5.94. The maximum atomic E-state index is 12.4. The number of nitro benzene ring substituents is 1. The summed E-state index contributed by atoms with van der Waals surface area (Å²) in [5.74, 6) is 0.227. The minimum atomic E-state index is -0.543. The van der Waals surface area contributed by atoms with Crippen molar-refractivity contribution in [2.45, 2.75) is 32.3 Å². The molecule has 0 bridgehead atoms. The largest absolute Gasteiger partial charge is 0.490 e. The quantitative estimate of drug-likeness (QED) is 0.358. The first-order chi connectivity index (χ1) is 11.5. The van der Waals surface area contributed by atoms with E-state index in [1.54, 1.807) is 31.2 Å². The Morgan fingerprint density at radius 2 is 1.96 bits per heavy atom. The van der Waals surface area contributed by atoms with Crippen molar-refractivity contribution in [1.29, 1.82) is 0 Å². The van der Waals surface area contributed by atoms with E-state index in [9.17, 15) is 14.9 Å². The lowest BCUT2D eigenvalue weighted by molar-refractivity contribution is -0.385. The van der Waals surface area contributed by atoms with Crippen LogP contribution in [0.4, 0.5) is 5.69 Å². The van der Waals surface area contributed by atoms with Crippen molar-refractivity contribution in [2.24, 2.45) is 0 Å². The minimum absolute atomic E-state index is 0.0106. The molecule has 0 N–H and O–H groups in total. The number of nitro groups is 1. The second-order valence-electron chi connectivity index (χ2n) is 5.76. The SMILES string of the molecule is Cc1cc(OC(=O)c2ccccc2OC2CCC2)ccc1[N+](=O)[O-]. The van der Waals surface area contributed by atoms with Gasteiger partial charge in [-0.05, 0) is 50.5 Å². The maximum absolute atomic E-state index is 12.4. The molecule has 1 aliphatic carbocycles. The van der Waals surface area contributed by atoms with Gasteiger partial charge in [0.05, 0.1) is 11.0 Å². The lowest BCUT2D eigenvalue weighted by Crippen LogP contribution is -2.25. The first kappa shape index (κ1) is 16.0. The van der Waals surface area contributed by atoms with Crippen LogP contribution in [0.15, 0.2) is 42.5 Å². The van der Waals surface area contributed by atoms with Gasteiger partial charge in [-0.2, -0.15) is 0 Å². The van der Waals surface area contributed by atoms with Gasteiger partial charge in [0.2, 0.25) is 0 Å². The Morgan fingerprint density at radius 1 is 1.21 bits per heavy atom. The number of hydrogen-bond donors (Lipinski definition) is 0. The van der Waals surface area contributed by atoms with Crippen molar-refractivity contribution in [1.82, 2.24) is 0 Å². The highest BCUT2D eigenvalue weighted by atomic mass is 16.6. The smallest absolute Gasteiger partial charge is 0.347 e. The number of hydrogen-bond acceptors (Lipinski definition) is 5. The van der Waals surface area contributed by atoms with E-state index >= 15 is 0 Å². The number of para-hydroxylation sites is 1. The third kappa shape index (κ3) is 3.37. The molecule has 2 aromatic rings. The molecule has 0 radical (unpaired) electrons. The van der Waals surface area contributed by atoms with Crippen LogP contribution in [-0.2, 0) is 0 Å². The van der Waals surface area contributed by atoms with Crippen LogP contribution in [0.3, 0.4) is 0 Å². The number of carbonyl (C=O) groups excluding carboxylic acids is 1. The van der Waals surface area contributed by atoms with Gasteiger partial charge in [-0.25, -0.2) is 4.79 Å². The lowest BCUT2D eigenvalue weighted by Gasteiger charge is -2.27. The van der Waals surface area contributed by atoms with E-state index in [4.69, 9.17) is 9.47 Å². The monoisotopic (exact) mass is 327 g/mol. The summed E-state index contributed by atoms with van der Waals surface area (Å²) in [6, 6.07) is 11.2. The van der Waals surface area contributed by atoms with E-state index in [1.165, 1.54) is 18.2 Å². The molecule has 6 heteroatoms. The van der Waals surface area contributed by atoms with E-state index in [1.807, 2.05) is 0 Å². The Balaban J connectivity index is 1.77. The Morgan fingerprint density at radius 3 is 2.58 bits per heavy atom. The average Bonchev–Trinajstić information content (AvgIpc) is 2.51. The molecule has 0 spiro atoms. The molecular weight excluding hydrogens is 310 g/mol. The molecular formula is C18H17NO5. The zero-order valence-electron chi connectivity index (χ0n) is 13.2. The molecule has 0 amide bonds. The third-order valence-corrected chi connectivity index (χ3v) is 4.03. The summed E-state index contributed by atoms with van der Waals surface area (Å²) >= 11 is 0. The number of ether oxygens (including phenoxy) is 2. The standard InChI is InChI=1S/C18H17NO5/c1-12-11-14(9-10-16(12)19(21)22)24-18(20)15-7-2-3-8-17(15)23-13-5-4-6-13/h2-3,7-11,13H,4-6H2,1H3. The number of esters is 1. The van der Waals surface area contributed by atoms with Crippen LogP contribution in [0.25, 0.3) is 0 Å². The fourth-order valence-electron chi connectivity index (χ4n) is 2.46. The molecule has 0 aliphatic heterocycles. The van der Waals surface area contributed by atoms with E-state index in [2.05, 4.69) is 0 Å². The third-order valence-electron chi connectivity index (χ3n) is 4.03. The highest BCUT2D eigenvalue weighted by Crippen LogP contribution is 2.29. The molecule has 3 rings (SSSR count). The molecule has 2 aromatic carbocycles. The lowest BCUT2D eigenvalue weighted by atomic mass is 9.96. The van der Waals surface area contributed by atoms with Crippen molar-refractivity contribution in [3.05, 3.63) is 63.7 Å². The van der Waals surface area contributed by atoms with Crippen LogP contribution < -0.4 is 9.47 Å². The van der Waals surface area contributed by atoms with Crippen molar-refractivity contribution in [3.63, 3.8) is 0 Å². The van der Waals surface area contributed by atoms with Gasteiger partial charge in [0.15, 0.2) is 0 Å². The van der Waals surface area contributed by atoms with Crippen LogP contribution in [0.2, 0.25) is 0 Å². The summed E-state index contributed by atoms with van der Waals surface area (Å²) in [7, 11) is 0. The van der Waals surface area contributed by atoms with E-state index in [-0.39, 0.29) is 17.5 Å². The van der Waals surface area contributed by atoms with E-state index in [0.29, 0.717) is 16.9 Å². The maximum Gasteiger partial charge on any atom is 0.347 e. The fourth-order valence-corrected chi connectivity index (χ4v) is 2.46. The van der Waals surface area contributed by atoms with Crippen LogP contribution in [-0.4, -0.2) is 17.0 Å². The number of benzene rings is 2. The topological polar surface area (TPSA) is 78.7 Å². The zero-order chi connectivity index (χ0) is 17.1. The van der Waals surface area contributed by atoms with Gasteiger partial charge in [-0.15, -0.1) is 0 Å². The predicted octanol–water partition coefficient (Wildman–Crippen LogP) is 4.05. The Labute approximate surface area is 139 Å². The molecule has 24 heavy (non-hydrogen) atoms. The van der Waals surface area contributed by atoms with Crippen LogP contribution >= 0.6 is 0 Å². The highest BCUT2D eigenvalue weighted by Gasteiger charge is 2.23. The van der Waals surface area contributed by atoms with Gasteiger partial charge in [0, 0.05) is 11.6 Å². The van der Waals surface area contributed by atoms with Crippen molar-refractivity contribution < 1.29 is 19.2 Å². The predicted molar refractivity (Wildman–Crippen MR) is 87.5 cm³/mol. The molecule has 1 saturated carbocycles. The second-order valence-corrected chi connectivity index (χ2v) is 5.76. The van der Waals surface area contributed by atoms with Crippen LogP contribution in [0.5, 0.6) is 11.5 Å². The number of aryl methyl sites for hydroxylation is 1. The van der Waals surface area contributed by atoms with Gasteiger partial charge in [-0.1, -0.05) is 12.1 Å². The first-order valence-corrected chi connectivity index (χ1v) is 7.77. The number of nitrogens with zero attached hydrogens (tertiary/aromatic N) is 1. The number of carbonyl (C=O) groups is 1. The molecule has 1 aliphatic rings. The zero-order valence-corrected chi connectivity index (χ0v) is 13.2. The summed E-state index contributed by atoms with van der Waals surface area (Å²) in [6.45, 7) is 1.60. The van der Waals surface area contributed by atoms with E-state index in [0.717, 1.165) is 19.3 Å². The van der Waals surface area contributed by atoms with Crippen LogP contribution in [0, 0.1) is 17.0 Å². The Bertz CT molecular complexity index is 783. The first-order valence-electron chi connectivity index (χ1n) is 7.77. The average molecular weight is 327 g/mol. The molecule has 124 valence electrons. The van der Waals surface area contributed by atoms with Gasteiger partial charge < -0.3 is 9.47 Å². The summed E-state index contributed by atoms with van der Waals surface area (Å²) in [5, 5.41) is 10.8. The summed E-state index contributed by atoms with van der Waals surface area (Å²) in [6.07, 6.45) is 3.27. The van der Waals surface area contributed by atoms with Crippen molar-refractivity contribution in [2.75, 3.05) is 0 Å². The molecule has 6 nitrogen and oxygen atoms in total. The normalized spacial score (nSPS) is 13.9. The minimum Gasteiger partial charge on any atom is -0.490 e. The van der Waals surface area contributed by atoms with Gasteiger partial charge >= 0.3 is 5.97 Å². The summed E-state index contributed by atoms with van der Waals surface area (Å²) < 4.78 is 11.2. The van der Waals surface area contributed by atoms with Gasteiger partial charge in [-0.3, -0.25) is 10.1 Å². The van der Waals surface area contributed by atoms with Crippen molar-refractivity contribution in [3.8, 4) is 11.5 Å². The second kappa shape index (κ2) is 6.70. The Hall–Kier alpha value is -2.89. The molecule has 0 saturated heterocycles. The van der Waals surface area contributed by atoms with Crippen molar-refractivity contribution >= 4 is 11.7 Å². The molecule has 1 fully saturated rings. The van der Waals surface area contributed by atoms with E-state index < -0.39 is 10.9 Å². The van der Waals surface area contributed by atoms with Gasteiger partial charge in [0.25, 0.3) is 5.69 Å². The molecule has 0 unspecified atom stereocenters. The Kier molecular flexibility index (Phi) is 4.46.